The van der Waals surface area contributed by atoms with Crippen LogP contribution in [-0.4, -0.2) is 0 Å². The molecule has 0 amide bonds. The molecule has 0 fully saturated rings. The third-order valence-electron chi connectivity index (χ3n) is 2.10. The molecule has 1 aromatic rings. The molecule has 0 aliphatic carbocycles. The van der Waals surface area contributed by atoms with E-state index in [1.807, 2.05) is 13.8 Å². The highest BCUT2D eigenvalue weighted by atomic mass is 35.5. The summed E-state index contributed by atoms with van der Waals surface area (Å²) in [6, 6.07) is 6.23. The van der Waals surface area contributed by atoms with Crippen LogP contribution < -0.4 is 0 Å². The van der Waals surface area contributed by atoms with Gasteiger partial charge in [0.2, 0.25) is 0 Å². The largest absolute Gasteiger partial charge is 0.118 e. The van der Waals surface area contributed by atoms with Crippen LogP contribution in [0.1, 0.15) is 41.3 Å². The minimum Gasteiger partial charge on any atom is -0.118 e. The van der Waals surface area contributed by atoms with Crippen LogP contribution in [0.25, 0.3) is 0 Å². The Kier molecular flexibility index (Phi) is 3.63. The van der Waals surface area contributed by atoms with Crippen LogP contribution in [0.3, 0.4) is 0 Å². The maximum atomic E-state index is 6.07. The Balaban J connectivity index is 3.19. The second-order valence-electron chi connectivity index (χ2n) is 3.36. The summed E-state index contributed by atoms with van der Waals surface area (Å²) in [5.41, 5.74) is 3.50. The van der Waals surface area contributed by atoms with Gasteiger partial charge in [0.15, 0.2) is 0 Å². The summed E-state index contributed by atoms with van der Waals surface area (Å²) in [5.74, 6) is 0. The van der Waals surface area contributed by atoms with E-state index in [1.165, 1.54) is 5.56 Å². The first kappa shape index (κ1) is 10.9. The summed E-state index contributed by atoms with van der Waals surface area (Å²) in [5, 5.41) is 0.0490. The molecule has 0 saturated heterocycles. The third-order valence-corrected chi connectivity index (χ3v) is 2.57. The van der Waals surface area contributed by atoms with Gasteiger partial charge >= 0.3 is 0 Å². The maximum absolute atomic E-state index is 6.07. The lowest BCUT2D eigenvalue weighted by atomic mass is 10.0. The van der Waals surface area contributed by atoms with Crippen LogP contribution in [-0.2, 0) is 0 Å². The first-order chi connectivity index (χ1) is 6.02. The number of hydrogen-bond donors (Lipinski definition) is 0. The van der Waals surface area contributed by atoms with Gasteiger partial charge in [0.1, 0.15) is 0 Å². The fraction of sp³-hybridized carbons (Fsp3) is 0.455. The standard InChI is InChI=1S/C11H14Cl2/c1-7-4-5-10(8(2)12)11(6-7)9(3)13/h4-6,8-9H,1-3H3. The maximum Gasteiger partial charge on any atom is 0.0560 e. The Labute approximate surface area is 89.9 Å². The van der Waals surface area contributed by atoms with Gasteiger partial charge in [0.25, 0.3) is 0 Å². The number of halogens is 2. The van der Waals surface area contributed by atoms with Crippen molar-refractivity contribution in [1.82, 2.24) is 0 Å². The Morgan fingerprint density at radius 1 is 1.00 bits per heavy atom. The Morgan fingerprint density at radius 3 is 2.00 bits per heavy atom. The van der Waals surface area contributed by atoms with Crippen molar-refractivity contribution >= 4 is 23.2 Å². The molecule has 0 spiro atoms. The minimum atomic E-state index is 0.0242. The molecule has 2 heteroatoms. The van der Waals surface area contributed by atoms with Gasteiger partial charge in [-0.15, -0.1) is 23.2 Å². The fourth-order valence-electron chi connectivity index (χ4n) is 1.40. The molecule has 2 unspecified atom stereocenters. The first-order valence-corrected chi connectivity index (χ1v) is 5.28. The van der Waals surface area contributed by atoms with Crippen molar-refractivity contribution in [2.24, 2.45) is 0 Å². The molecule has 0 aliphatic heterocycles. The molecular formula is C11H14Cl2. The van der Waals surface area contributed by atoms with Gasteiger partial charge in [-0.3, -0.25) is 0 Å². The quantitative estimate of drug-likeness (QED) is 0.635. The van der Waals surface area contributed by atoms with E-state index in [1.54, 1.807) is 0 Å². The Morgan fingerprint density at radius 2 is 1.54 bits per heavy atom. The van der Waals surface area contributed by atoms with Gasteiger partial charge in [0, 0.05) is 0 Å². The van der Waals surface area contributed by atoms with Crippen molar-refractivity contribution < 1.29 is 0 Å². The predicted molar refractivity (Wildman–Crippen MR) is 59.7 cm³/mol. The fourth-order valence-corrected chi connectivity index (χ4v) is 1.79. The van der Waals surface area contributed by atoms with Crippen LogP contribution in [0, 0.1) is 6.92 Å². The lowest BCUT2D eigenvalue weighted by Gasteiger charge is -2.13. The minimum absolute atomic E-state index is 0.0242. The molecule has 72 valence electrons. The summed E-state index contributed by atoms with van der Waals surface area (Å²) in [4.78, 5) is 0. The number of rotatable bonds is 2. The van der Waals surface area contributed by atoms with Gasteiger partial charge < -0.3 is 0 Å². The van der Waals surface area contributed by atoms with Crippen molar-refractivity contribution in [3.05, 3.63) is 34.9 Å². The monoisotopic (exact) mass is 216 g/mol. The van der Waals surface area contributed by atoms with Crippen LogP contribution in [0.4, 0.5) is 0 Å². The molecule has 1 rings (SSSR count). The molecule has 13 heavy (non-hydrogen) atoms. The lowest BCUT2D eigenvalue weighted by Crippen LogP contribution is -1.96. The van der Waals surface area contributed by atoms with E-state index in [9.17, 15) is 0 Å². The molecule has 0 N–H and O–H groups in total. The molecule has 0 heterocycles. The summed E-state index contributed by atoms with van der Waals surface area (Å²) >= 11 is 12.1. The van der Waals surface area contributed by atoms with E-state index >= 15 is 0 Å². The molecular weight excluding hydrogens is 203 g/mol. The molecule has 0 saturated carbocycles. The topological polar surface area (TPSA) is 0 Å². The van der Waals surface area contributed by atoms with Crippen LogP contribution in [0.5, 0.6) is 0 Å². The highest BCUT2D eigenvalue weighted by molar-refractivity contribution is 6.22. The molecule has 0 nitrogen and oxygen atoms in total. The number of hydrogen-bond acceptors (Lipinski definition) is 0. The predicted octanol–water partition coefficient (Wildman–Crippen LogP) is 4.59. The van der Waals surface area contributed by atoms with Crippen molar-refractivity contribution in [1.29, 1.82) is 0 Å². The smallest absolute Gasteiger partial charge is 0.0560 e. The first-order valence-electron chi connectivity index (χ1n) is 4.41. The van der Waals surface area contributed by atoms with E-state index in [-0.39, 0.29) is 10.8 Å². The Bertz CT molecular complexity index is 290. The average molecular weight is 217 g/mol. The Hall–Kier alpha value is -0.200. The van der Waals surface area contributed by atoms with Gasteiger partial charge in [-0.05, 0) is 31.9 Å². The van der Waals surface area contributed by atoms with Crippen molar-refractivity contribution in [3.8, 4) is 0 Å². The van der Waals surface area contributed by atoms with Crippen molar-refractivity contribution in [3.63, 3.8) is 0 Å². The zero-order valence-corrected chi connectivity index (χ0v) is 9.65. The molecule has 2 atom stereocenters. The number of benzene rings is 1. The molecule has 0 bridgehead atoms. The zero-order chi connectivity index (χ0) is 10.0. The van der Waals surface area contributed by atoms with Crippen LogP contribution in [0.15, 0.2) is 18.2 Å². The van der Waals surface area contributed by atoms with Crippen molar-refractivity contribution in [2.45, 2.75) is 31.5 Å². The number of alkyl halides is 2. The third kappa shape index (κ3) is 2.62. The zero-order valence-electron chi connectivity index (χ0n) is 8.14. The van der Waals surface area contributed by atoms with E-state index in [4.69, 9.17) is 23.2 Å². The van der Waals surface area contributed by atoms with Crippen LogP contribution >= 0.6 is 23.2 Å². The van der Waals surface area contributed by atoms with Crippen LogP contribution in [0.2, 0.25) is 0 Å². The summed E-state index contributed by atoms with van der Waals surface area (Å²) in [7, 11) is 0. The lowest BCUT2D eigenvalue weighted by molar-refractivity contribution is 0.981. The van der Waals surface area contributed by atoms with Gasteiger partial charge in [0.05, 0.1) is 10.8 Å². The number of aryl methyl sites for hydroxylation is 1. The SMILES string of the molecule is Cc1ccc(C(C)Cl)c(C(C)Cl)c1. The summed E-state index contributed by atoms with van der Waals surface area (Å²) in [6.07, 6.45) is 0. The average Bonchev–Trinajstić information content (AvgIpc) is 2.03. The normalized spacial score (nSPS) is 15.5. The summed E-state index contributed by atoms with van der Waals surface area (Å²) < 4.78 is 0. The van der Waals surface area contributed by atoms with E-state index < -0.39 is 0 Å². The van der Waals surface area contributed by atoms with Crippen molar-refractivity contribution in [2.75, 3.05) is 0 Å². The molecule has 0 aliphatic rings. The van der Waals surface area contributed by atoms with Gasteiger partial charge in [-0.2, -0.15) is 0 Å². The van der Waals surface area contributed by atoms with E-state index in [0.29, 0.717) is 0 Å². The second kappa shape index (κ2) is 4.34. The molecule has 0 aromatic heterocycles. The van der Waals surface area contributed by atoms with Gasteiger partial charge in [-0.25, -0.2) is 0 Å². The van der Waals surface area contributed by atoms with E-state index in [0.717, 1.165) is 11.1 Å². The van der Waals surface area contributed by atoms with Gasteiger partial charge in [-0.1, -0.05) is 23.8 Å². The molecule has 1 aromatic carbocycles. The highest BCUT2D eigenvalue weighted by Crippen LogP contribution is 2.31. The highest BCUT2D eigenvalue weighted by Gasteiger charge is 2.11. The molecule has 0 radical (unpaired) electrons. The second-order valence-corrected chi connectivity index (χ2v) is 4.67. The summed E-state index contributed by atoms with van der Waals surface area (Å²) in [6.45, 7) is 6.00. The van der Waals surface area contributed by atoms with E-state index in [2.05, 4.69) is 25.1 Å².